The van der Waals surface area contributed by atoms with E-state index in [9.17, 15) is 9.59 Å². The summed E-state index contributed by atoms with van der Waals surface area (Å²) < 4.78 is 7.47. The number of aryl methyl sites for hydroxylation is 1. The second-order valence-corrected chi connectivity index (χ2v) is 11.3. The Morgan fingerprint density at radius 3 is 2.46 bits per heavy atom. The molecule has 208 valence electrons. The molecule has 2 aliphatic heterocycles. The van der Waals surface area contributed by atoms with E-state index < -0.39 is 0 Å². The molecule has 3 aromatic rings. The Hall–Kier alpha value is -3.46. The van der Waals surface area contributed by atoms with Crippen molar-refractivity contribution in [1.29, 1.82) is 0 Å². The molecule has 2 fully saturated rings. The van der Waals surface area contributed by atoms with E-state index in [4.69, 9.17) is 9.72 Å². The van der Waals surface area contributed by atoms with Gasteiger partial charge in [-0.1, -0.05) is 38.1 Å². The van der Waals surface area contributed by atoms with Crippen molar-refractivity contribution in [3.05, 3.63) is 52.4 Å². The number of rotatable bonds is 6. The van der Waals surface area contributed by atoms with Crippen LogP contribution in [0.4, 0.5) is 10.7 Å². The molecule has 0 saturated carbocycles. The Morgan fingerprint density at radius 2 is 1.77 bits per heavy atom. The number of benzene rings is 1. The summed E-state index contributed by atoms with van der Waals surface area (Å²) in [5, 5.41) is 7.42. The van der Waals surface area contributed by atoms with Crippen molar-refractivity contribution in [1.82, 2.24) is 24.8 Å². The zero-order valence-corrected chi connectivity index (χ0v) is 23.4. The van der Waals surface area contributed by atoms with Crippen LogP contribution in [-0.4, -0.2) is 63.9 Å². The third-order valence-electron chi connectivity index (χ3n) is 8.23. The lowest BCUT2D eigenvalue weighted by atomic mass is 10.00. The predicted octanol–water partition coefficient (Wildman–Crippen LogP) is 4.75. The van der Waals surface area contributed by atoms with Crippen LogP contribution in [0.25, 0.3) is 22.2 Å². The number of nitrogens with zero attached hydrogens (tertiary/aromatic N) is 4. The molecule has 1 aromatic carbocycles. The van der Waals surface area contributed by atoms with Crippen molar-refractivity contribution in [2.75, 3.05) is 31.6 Å². The number of pyridine rings is 1. The minimum Gasteiger partial charge on any atom is -0.381 e. The smallest absolute Gasteiger partial charge is 0.317 e. The average molecular weight is 533 g/mol. The molecule has 0 bridgehead atoms. The molecule has 0 radical (unpaired) electrons. The van der Waals surface area contributed by atoms with E-state index in [0.29, 0.717) is 49.4 Å². The molecule has 2 amide bonds. The zero-order chi connectivity index (χ0) is 27.5. The highest BCUT2D eigenvalue weighted by atomic mass is 16.5. The molecule has 39 heavy (non-hydrogen) atoms. The first kappa shape index (κ1) is 27.1. The van der Waals surface area contributed by atoms with Crippen LogP contribution in [0.3, 0.4) is 0 Å². The van der Waals surface area contributed by atoms with Gasteiger partial charge in [-0.3, -0.25) is 9.36 Å². The molecule has 0 unspecified atom stereocenters. The number of hydrogen-bond acceptors (Lipinski definition) is 6. The minimum atomic E-state index is -0.0247. The summed E-state index contributed by atoms with van der Waals surface area (Å²) in [7, 11) is 0. The van der Waals surface area contributed by atoms with E-state index in [1.54, 1.807) is 0 Å². The van der Waals surface area contributed by atoms with Crippen LogP contribution in [0.15, 0.2) is 41.3 Å². The van der Waals surface area contributed by atoms with Crippen LogP contribution in [0, 0.1) is 12.8 Å². The van der Waals surface area contributed by atoms with E-state index in [2.05, 4.69) is 29.5 Å². The fourth-order valence-corrected chi connectivity index (χ4v) is 5.40. The third kappa shape index (κ3) is 5.93. The number of ether oxygens (including phenoxy) is 1. The molecule has 9 heteroatoms. The number of likely N-dealkylation sites (tertiary alicyclic amines) is 1. The lowest BCUT2D eigenvalue weighted by molar-refractivity contribution is 0.0697. The molecule has 1 atom stereocenters. The van der Waals surface area contributed by atoms with Gasteiger partial charge in [0.2, 0.25) is 5.95 Å². The summed E-state index contributed by atoms with van der Waals surface area (Å²) >= 11 is 0. The zero-order valence-electron chi connectivity index (χ0n) is 23.4. The summed E-state index contributed by atoms with van der Waals surface area (Å²) in [6.07, 6.45) is 4.98. The molecule has 0 aliphatic carbocycles. The highest BCUT2D eigenvalue weighted by Crippen LogP contribution is 2.28. The van der Waals surface area contributed by atoms with E-state index >= 15 is 0 Å². The van der Waals surface area contributed by atoms with Crippen LogP contribution < -0.4 is 16.2 Å². The Balaban J connectivity index is 1.39. The lowest BCUT2D eigenvalue weighted by Crippen LogP contribution is -2.50. The molecule has 2 saturated heterocycles. The average Bonchev–Trinajstić information content (AvgIpc) is 2.94. The van der Waals surface area contributed by atoms with Gasteiger partial charge in [-0.25, -0.2) is 9.78 Å². The van der Waals surface area contributed by atoms with Crippen LogP contribution in [0.2, 0.25) is 0 Å². The third-order valence-corrected chi connectivity index (χ3v) is 8.23. The quantitative estimate of drug-likeness (QED) is 0.475. The number of carbonyl (C=O) groups excluding carboxylic acids is 1. The van der Waals surface area contributed by atoms with E-state index in [1.165, 1.54) is 0 Å². The van der Waals surface area contributed by atoms with Crippen LogP contribution in [0.5, 0.6) is 0 Å². The second kappa shape index (κ2) is 11.7. The normalized spacial score (nSPS) is 17.9. The maximum atomic E-state index is 14.0. The van der Waals surface area contributed by atoms with Gasteiger partial charge in [-0.15, -0.1) is 0 Å². The number of nitrogens with one attached hydrogen (secondary N) is 2. The van der Waals surface area contributed by atoms with Gasteiger partial charge in [-0.2, -0.15) is 4.98 Å². The van der Waals surface area contributed by atoms with E-state index in [-0.39, 0.29) is 29.7 Å². The number of hydrogen-bond donors (Lipinski definition) is 2. The molecule has 2 aliphatic rings. The largest absolute Gasteiger partial charge is 0.381 e. The molecule has 2 N–H and O–H groups in total. The van der Waals surface area contributed by atoms with Crippen molar-refractivity contribution in [2.45, 2.75) is 71.5 Å². The number of aromatic nitrogens is 3. The predicted molar refractivity (Wildman–Crippen MR) is 154 cm³/mol. The number of anilines is 1. The fourth-order valence-electron chi connectivity index (χ4n) is 5.40. The summed E-state index contributed by atoms with van der Waals surface area (Å²) in [4.78, 5) is 38.0. The molecule has 9 nitrogen and oxygen atoms in total. The number of carbonyl (C=O) groups is 1. The summed E-state index contributed by atoms with van der Waals surface area (Å²) in [6.45, 7) is 10.9. The Bertz CT molecular complexity index is 1370. The van der Waals surface area contributed by atoms with Gasteiger partial charge in [0.25, 0.3) is 5.56 Å². The van der Waals surface area contributed by atoms with E-state index in [0.717, 1.165) is 42.2 Å². The molecule has 0 spiro atoms. The van der Waals surface area contributed by atoms with Gasteiger partial charge in [0.15, 0.2) is 0 Å². The van der Waals surface area contributed by atoms with Gasteiger partial charge in [0.05, 0.1) is 0 Å². The topological polar surface area (TPSA) is 101 Å². The second-order valence-electron chi connectivity index (χ2n) is 11.3. The maximum absolute atomic E-state index is 14.0. The van der Waals surface area contributed by atoms with Crippen molar-refractivity contribution in [3.8, 4) is 11.1 Å². The SMILES string of the molecule is Cc1ccccc1-c1cc2cnc(NC3CCN(C(=O)N[C@@H](C)C(C)C)CC3)nc2n(C2CCOCC2)c1=O. The van der Waals surface area contributed by atoms with E-state index in [1.807, 2.05) is 59.8 Å². The van der Waals surface area contributed by atoms with Crippen LogP contribution in [-0.2, 0) is 4.74 Å². The molecular formula is C30H40N6O3. The van der Waals surface area contributed by atoms with Crippen molar-refractivity contribution in [3.63, 3.8) is 0 Å². The van der Waals surface area contributed by atoms with Gasteiger partial charge in [0.1, 0.15) is 5.65 Å². The highest BCUT2D eigenvalue weighted by molar-refractivity contribution is 5.82. The first-order valence-electron chi connectivity index (χ1n) is 14.2. The molecular weight excluding hydrogens is 492 g/mol. The molecule has 4 heterocycles. The Labute approximate surface area is 230 Å². The highest BCUT2D eigenvalue weighted by Gasteiger charge is 2.26. The number of piperidine rings is 1. The maximum Gasteiger partial charge on any atom is 0.317 e. The van der Waals surface area contributed by atoms with Crippen molar-refractivity contribution >= 4 is 23.0 Å². The first-order chi connectivity index (χ1) is 18.8. The Morgan fingerprint density at radius 1 is 1.05 bits per heavy atom. The minimum absolute atomic E-state index is 0.00143. The van der Waals surface area contributed by atoms with Crippen molar-refractivity contribution < 1.29 is 9.53 Å². The lowest BCUT2D eigenvalue weighted by Gasteiger charge is -2.33. The van der Waals surface area contributed by atoms with Gasteiger partial charge >= 0.3 is 6.03 Å². The molecule has 5 rings (SSSR count). The number of fused-ring (bicyclic) bond motifs is 1. The summed E-state index contributed by atoms with van der Waals surface area (Å²) in [5.74, 6) is 0.909. The monoisotopic (exact) mass is 532 g/mol. The van der Waals surface area contributed by atoms with Gasteiger partial charge in [-0.05, 0) is 62.6 Å². The molecule has 2 aromatic heterocycles. The van der Waals surface area contributed by atoms with Crippen molar-refractivity contribution in [2.24, 2.45) is 5.92 Å². The summed E-state index contributed by atoms with van der Waals surface area (Å²) in [5.41, 5.74) is 3.30. The van der Waals surface area contributed by atoms with Gasteiger partial charge in [0, 0.05) is 61.6 Å². The number of urea groups is 1. The Kier molecular flexibility index (Phi) is 8.16. The van der Waals surface area contributed by atoms with Gasteiger partial charge < -0.3 is 20.3 Å². The first-order valence-corrected chi connectivity index (χ1v) is 14.2. The standard InChI is InChI=1S/C30H40N6O3/c1-19(2)21(4)32-30(38)35-13-9-23(10-14-35)33-29-31-18-22-17-26(25-8-6-5-7-20(25)3)28(37)36(27(22)34-29)24-11-15-39-16-12-24/h5-8,17-19,21,23-24H,9-16H2,1-4H3,(H,32,38)(H,31,33,34)/t21-/m0/s1. The number of amides is 2. The summed E-state index contributed by atoms with van der Waals surface area (Å²) in [6, 6.07) is 10.2. The fraction of sp³-hybridized carbons (Fsp3) is 0.533. The van der Waals surface area contributed by atoms with Crippen LogP contribution in [0.1, 0.15) is 58.1 Å². The van der Waals surface area contributed by atoms with Crippen LogP contribution >= 0.6 is 0 Å².